The molecule has 0 heterocycles. The average Bonchev–Trinajstić information content (AvgIpc) is 2.76. The van der Waals surface area contributed by atoms with Crippen LogP contribution in [-0.2, 0) is 25.4 Å². The van der Waals surface area contributed by atoms with Crippen LogP contribution in [0.3, 0.4) is 0 Å². The fraction of sp³-hybridized carbons (Fsp3) is 0.444. The number of rotatable bonds is 8. The first kappa shape index (κ1) is 26.6. The van der Waals surface area contributed by atoms with Crippen LogP contribution in [0.5, 0.6) is 0 Å². The second-order valence-electron chi connectivity index (χ2n) is 10.7. The van der Waals surface area contributed by atoms with Crippen molar-refractivity contribution in [1.82, 2.24) is 0 Å². The smallest absolute Gasteiger partial charge is 0.337 e. The number of benzene rings is 2. The number of methoxy groups -OCH3 is 1. The van der Waals surface area contributed by atoms with Crippen molar-refractivity contribution in [3.05, 3.63) is 70.8 Å². The minimum atomic E-state index is -1.92. The van der Waals surface area contributed by atoms with Crippen LogP contribution in [0.2, 0.25) is 18.1 Å². The second kappa shape index (κ2) is 9.95. The molecule has 0 aromatic heterocycles. The standard InChI is InChI=1S/C27H34O7Si/c1-27(2,3)35(5,6)34-15-16-7-9-17(10-8-16)20-22(24(28)29)21(23(20)25(30)31)18-11-13-19(14-12-18)26(32)33-4/h7-14,20-23H,15H2,1-6H3,(H,28,29)(H,30,31). The van der Waals surface area contributed by atoms with Gasteiger partial charge in [-0.3, -0.25) is 9.59 Å². The Bertz CT molecular complexity index is 1060. The van der Waals surface area contributed by atoms with Crippen LogP contribution in [0, 0.1) is 11.8 Å². The zero-order chi connectivity index (χ0) is 26.1. The molecule has 1 fully saturated rings. The number of carbonyl (C=O) groups excluding carboxylic acids is 1. The Morgan fingerprint density at radius 3 is 1.63 bits per heavy atom. The molecule has 2 unspecified atom stereocenters. The quantitative estimate of drug-likeness (QED) is 0.376. The van der Waals surface area contributed by atoms with Crippen molar-refractivity contribution in [3.63, 3.8) is 0 Å². The topological polar surface area (TPSA) is 110 Å². The summed E-state index contributed by atoms with van der Waals surface area (Å²) in [7, 11) is -0.639. The maximum absolute atomic E-state index is 12.2. The molecule has 1 saturated carbocycles. The molecule has 2 aromatic carbocycles. The molecule has 1 aliphatic carbocycles. The number of carbonyl (C=O) groups is 3. The minimum absolute atomic E-state index is 0.0896. The molecule has 188 valence electrons. The number of carboxylic acids is 2. The van der Waals surface area contributed by atoms with E-state index in [0.717, 1.165) is 5.56 Å². The third kappa shape index (κ3) is 5.33. The van der Waals surface area contributed by atoms with E-state index in [2.05, 4.69) is 33.9 Å². The van der Waals surface area contributed by atoms with E-state index < -0.39 is 49.9 Å². The molecule has 3 rings (SSSR count). The predicted molar refractivity (Wildman–Crippen MR) is 134 cm³/mol. The molecule has 0 saturated heterocycles. The fourth-order valence-corrected chi connectivity index (χ4v) is 5.43. The first-order chi connectivity index (χ1) is 16.3. The van der Waals surface area contributed by atoms with Crippen LogP contribution in [0.1, 0.15) is 59.7 Å². The van der Waals surface area contributed by atoms with Gasteiger partial charge in [0.05, 0.1) is 31.1 Å². The summed E-state index contributed by atoms with van der Waals surface area (Å²) in [5, 5.41) is 20.1. The van der Waals surface area contributed by atoms with Gasteiger partial charge in [-0.2, -0.15) is 0 Å². The van der Waals surface area contributed by atoms with E-state index in [4.69, 9.17) is 9.16 Å². The SMILES string of the molecule is COC(=O)c1ccc(C2C(C(=O)O)C(c3ccc(CO[Si](C)(C)C(C)(C)C)cc3)C2C(=O)O)cc1. The molecule has 0 radical (unpaired) electrons. The van der Waals surface area contributed by atoms with Gasteiger partial charge in [-0.1, -0.05) is 57.2 Å². The number of aliphatic carboxylic acids is 2. The summed E-state index contributed by atoms with van der Waals surface area (Å²) in [6, 6.07) is 13.7. The van der Waals surface area contributed by atoms with Crippen LogP contribution >= 0.6 is 0 Å². The molecule has 0 bridgehead atoms. The molecule has 0 spiro atoms. The highest BCUT2D eigenvalue weighted by Crippen LogP contribution is 2.57. The molecular formula is C27H34O7Si. The molecule has 8 heteroatoms. The van der Waals surface area contributed by atoms with E-state index in [0.29, 0.717) is 23.3 Å². The van der Waals surface area contributed by atoms with Gasteiger partial charge in [0.2, 0.25) is 0 Å². The summed E-state index contributed by atoms with van der Waals surface area (Å²) in [6.45, 7) is 11.4. The number of carboxylic acid groups (broad SMARTS) is 2. The Morgan fingerprint density at radius 1 is 0.829 bits per heavy atom. The Labute approximate surface area is 207 Å². The van der Waals surface area contributed by atoms with Crippen LogP contribution in [0.15, 0.2) is 48.5 Å². The van der Waals surface area contributed by atoms with Crippen molar-refractivity contribution >= 4 is 26.2 Å². The van der Waals surface area contributed by atoms with Gasteiger partial charge >= 0.3 is 17.9 Å². The summed E-state index contributed by atoms with van der Waals surface area (Å²) >= 11 is 0. The Hall–Kier alpha value is -2.97. The van der Waals surface area contributed by atoms with Gasteiger partial charge in [0.15, 0.2) is 8.32 Å². The number of esters is 1. The highest BCUT2D eigenvalue weighted by atomic mass is 28.4. The van der Waals surface area contributed by atoms with E-state index >= 15 is 0 Å². The van der Waals surface area contributed by atoms with Gasteiger partial charge in [-0.15, -0.1) is 0 Å². The molecule has 0 aliphatic heterocycles. The van der Waals surface area contributed by atoms with E-state index in [1.54, 1.807) is 12.1 Å². The Balaban J connectivity index is 1.84. The van der Waals surface area contributed by atoms with Gasteiger partial charge in [-0.25, -0.2) is 4.79 Å². The number of hydrogen-bond donors (Lipinski definition) is 2. The zero-order valence-corrected chi connectivity index (χ0v) is 22.1. The van der Waals surface area contributed by atoms with Crippen molar-refractivity contribution < 1.29 is 33.8 Å². The van der Waals surface area contributed by atoms with Gasteiger partial charge in [0.25, 0.3) is 0 Å². The number of hydrogen-bond acceptors (Lipinski definition) is 5. The third-order valence-electron chi connectivity index (χ3n) is 7.61. The lowest BCUT2D eigenvalue weighted by Crippen LogP contribution is -2.50. The first-order valence-electron chi connectivity index (χ1n) is 11.6. The Kier molecular flexibility index (Phi) is 7.57. The zero-order valence-electron chi connectivity index (χ0n) is 21.1. The average molecular weight is 499 g/mol. The van der Waals surface area contributed by atoms with Gasteiger partial charge < -0.3 is 19.4 Å². The minimum Gasteiger partial charge on any atom is -0.481 e. The molecule has 2 N–H and O–H groups in total. The number of ether oxygens (including phenoxy) is 1. The van der Waals surface area contributed by atoms with Crippen molar-refractivity contribution in [2.45, 2.75) is 57.3 Å². The van der Waals surface area contributed by atoms with E-state index in [9.17, 15) is 24.6 Å². The lowest BCUT2D eigenvalue weighted by atomic mass is 9.52. The summed E-state index contributed by atoms with van der Waals surface area (Å²) in [5.74, 6) is -5.75. The van der Waals surface area contributed by atoms with Crippen molar-refractivity contribution in [2.24, 2.45) is 11.8 Å². The van der Waals surface area contributed by atoms with E-state index in [-0.39, 0.29) is 5.04 Å². The van der Waals surface area contributed by atoms with Gasteiger partial charge in [0.1, 0.15) is 0 Å². The molecule has 0 amide bonds. The summed E-state index contributed by atoms with van der Waals surface area (Å²) in [6.07, 6.45) is 0. The van der Waals surface area contributed by atoms with Gasteiger partial charge in [-0.05, 0) is 47.0 Å². The van der Waals surface area contributed by atoms with E-state index in [1.165, 1.54) is 19.2 Å². The van der Waals surface area contributed by atoms with Gasteiger partial charge in [0, 0.05) is 11.8 Å². The second-order valence-corrected chi connectivity index (χ2v) is 15.5. The lowest BCUT2D eigenvalue weighted by molar-refractivity contribution is -0.159. The summed E-state index contributed by atoms with van der Waals surface area (Å²) in [5.41, 5.74) is 2.55. The van der Waals surface area contributed by atoms with Crippen LogP contribution < -0.4 is 0 Å². The highest BCUT2D eigenvalue weighted by Gasteiger charge is 2.58. The summed E-state index contributed by atoms with van der Waals surface area (Å²) < 4.78 is 11.0. The van der Waals surface area contributed by atoms with E-state index in [1.807, 2.05) is 24.3 Å². The first-order valence-corrected chi connectivity index (χ1v) is 14.6. The maximum Gasteiger partial charge on any atom is 0.337 e. The molecule has 2 atom stereocenters. The monoisotopic (exact) mass is 498 g/mol. The molecule has 2 aromatic rings. The molecule has 7 nitrogen and oxygen atoms in total. The maximum atomic E-state index is 12.2. The lowest BCUT2D eigenvalue weighted by Gasteiger charge is -2.48. The molecular weight excluding hydrogens is 464 g/mol. The normalized spacial score (nSPS) is 22.2. The Morgan fingerprint density at radius 2 is 1.26 bits per heavy atom. The fourth-order valence-electron chi connectivity index (χ4n) is 4.47. The van der Waals surface area contributed by atoms with Crippen molar-refractivity contribution in [1.29, 1.82) is 0 Å². The van der Waals surface area contributed by atoms with Crippen LogP contribution in [0.4, 0.5) is 0 Å². The molecule has 35 heavy (non-hydrogen) atoms. The highest BCUT2D eigenvalue weighted by molar-refractivity contribution is 6.74. The van der Waals surface area contributed by atoms with Crippen molar-refractivity contribution in [3.8, 4) is 0 Å². The predicted octanol–water partition coefficient (Wildman–Crippen LogP) is 5.28. The third-order valence-corrected chi connectivity index (χ3v) is 12.1. The van der Waals surface area contributed by atoms with Crippen molar-refractivity contribution in [2.75, 3.05) is 7.11 Å². The largest absolute Gasteiger partial charge is 0.481 e. The van der Waals surface area contributed by atoms with Crippen LogP contribution in [-0.4, -0.2) is 43.5 Å². The summed E-state index contributed by atoms with van der Waals surface area (Å²) in [4.78, 5) is 36.2. The van der Waals surface area contributed by atoms with Crippen LogP contribution in [0.25, 0.3) is 0 Å². The molecule has 1 aliphatic rings.